The summed E-state index contributed by atoms with van der Waals surface area (Å²) in [6.07, 6.45) is 1.78. The first-order chi connectivity index (χ1) is 17.6. The molecule has 1 amide bonds. The van der Waals surface area contributed by atoms with Crippen LogP contribution in [0.4, 0.5) is 5.82 Å². The Morgan fingerprint density at radius 2 is 1.69 bits per heavy atom. The number of rotatable bonds is 8. The lowest BCUT2D eigenvalue weighted by molar-refractivity contribution is 0.0765. The van der Waals surface area contributed by atoms with E-state index in [1.54, 1.807) is 42.3 Å². The number of aryl methyl sites for hydroxylation is 1. The van der Waals surface area contributed by atoms with Gasteiger partial charge in [0.25, 0.3) is 5.91 Å². The van der Waals surface area contributed by atoms with Gasteiger partial charge in [-0.1, -0.05) is 36.4 Å². The highest BCUT2D eigenvalue weighted by Crippen LogP contribution is 2.20. The summed E-state index contributed by atoms with van der Waals surface area (Å²) in [4.78, 5) is 43.7. The third kappa shape index (κ3) is 6.33. The highest BCUT2D eigenvalue weighted by Gasteiger charge is 2.23. The van der Waals surface area contributed by atoms with Crippen LogP contribution < -0.4 is 20.7 Å². The maximum absolute atomic E-state index is 12.9. The van der Waals surface area contributed by atoms with Crippen molar-refractivity contribution in [2.24, 2.45) is 0 Å². The number of piperazine rings is 1. The number of hydrogen-bond donors (Lipinski definition) is 2. The molecule has 0 spiro atoms. The minimum atomic E-state index is -0.959. The standard InChI is InChI=1S/C28H28N4O4/c33-19-23-10-8-22(17-24(23)20-34)18-31-13-15-32(16-14-31)27-25(7-4-12-29-27)28(36)30-26(35)11-9-21-5-2-1-3-6-21/h1-8,10,12,17,26,35H,9,11,13-16,18H2,(H,30,36). The van der Waals surface area contributed by atoms with Crippen molar-refractivity contribution in [1.29, 1.82) is 0 Å². The van der Waals surface area contributed by atoms with Crippen molar-refractivity contribution in [2.75, 3.05) is 31.1 Å². The van der Waals surface area contributed by atoms with Crippen molar-refractivity contribution in [1.82, 2.24) is 15.2 Å². The molecule has 0 radical (unpaired) electrons. The minimum absolute atomic E-state index is 0.213. The zero-order valence-corrected chi connectivity index (χ0v) is 19.9. The Kier molecular flexibility index (Phi) is 8.40. The predicted molar refractivity (Wildman–Crippen MR) is 135 cm³/mol. The molecule has 1 saturated heterocycles. The first kappa shape index (κ1) is 25.0. The lowest BCUT2D eigenvalue weighted by Gasteiger charge is -2.36. The van der Waals surface area contributed by atoms with Crippen LogP contribution in [0.25, 0.3) is 0 Å². The van der Waals surface area contributed by atoms with Gasteiger partial charge in [0, 0.05) is 38.9 Å². The Morgan fingerprint density at radius 1 is 0.944 bits per heavy atom. The number of nitrogens with one attached hydrogen (secondary N) is 1. The lowest BCUT2D eigenvalue weighted by Crippen LogP contribution is -2.47. The van der Waals surface area contributed by atoms with Crippen LogP contribution in [0.2, 0.25) is 0 Å². The smallest absolute Gasteiger partial charge is 0.257 e. The molecular formula is C28H28N4O4. The van der Waals surface area contributed by atoms with Crippen molar-refractivity contribution in [3.63, 3.8) is 0 Å². The van der Waals surface area contributed by atoms with Crippen LogP contribution in [0.3, 0.4) is 0 Å². The molecule has 1 aliphatic heterocycles. The van der Waals surface area contributed by atoms with Crippen LogP contribution in [0, 0.1) is 0 Å². The van der Waals surface area contributed by atoms with Gasteiger partial charge in [0.15, 0.2) is 0 Å². The second-order valence-electron chi connectivity index (χ2n) is 8.74. The number of aromatic nitrogens is 1. The van der Waals surface area contributed by atoms with Crippen LogP contribution in [0.15, 0.2) is 66.9 Å². The normalized spacial score (nSPS) is 14.5. The number of benzene rings is 2. The molecule has 0 saturated carbocycles. The van der Waals surface area contributed by atoms with Crippen molar-refractivity contribution >= 4 is 23.6 Å². The molecule has 2 aromatic carbocycles. The highest BCUT2D eigenvalue weighted by atomic mass is 16.3. The van der Waals surface area contributed by atoms with Crippen LogP contribution in [0.1, 0.15) is 27.9 Å². The summed E-state index contributed by atoms with van der Waals surface area (Å²) >= 11 is 0. The van der Waals surface area contributed by atoms with Crippen molar-refractivity contribution in [3.05, 3.63) is 94.0 Å². The molecule has 0 bridgehead atoms. The van der Waals surface area contributed by atoms with Gasteiger partial charge in [-0.05, 0) is 48.2 Å². The van der Waals surface area contributed by atoms with Gasteiger partial charge in [-0.15, -0.1) is 0 Å². The Balaban J connectivity index is 1.35. The summed E-state index contributed by atoms with van der Waals surface area (Å²) < 4.78 is 0. The van der Waals surface area contributed by atoms with Gasteiger partial charge in [-0.3, -0.25) is 9.69 Å². The maximum atomic E-state index is 12.9. The fraction of sp³-hybridized carbons (Fsp3) is 0.286. The summed E-state index contributed by atoms with van der Waals surface area (Å²) in [5.41, 5.74) is 2.45. The van der Waals surface area contributed by atoms with Crippen molar-refractivity contribution in [3.8, 4) is 0 Å². The fourth-order valence-corrected chi connectivity index (χ4v) is 4.31. The third-order valence-electron chi connectivity index (χ3n) is 6.26. The lowest BCUT2D eigenvalue weighted by atomic mass is 10.1. The Hall–Kier alpha value is -4.06. The van der Waals surface area contributed by atoms with Gasteiger partial charge in [0.05, 0.1) is 16.0 Å². The van der Waals surface area contributed by atoms with E-state index in [0.717, 1.165) is 24.2 Å². The number of amides is 1. The molecule has 3 aromatic rings. The van der Waals surface area contributed by atoms with Gasteiger partial charge in [-0.2, -0.15) is 0 Å². The Labute approximate surface area is 209 Å². The average molecular weight is 485 g/mol. The summed E-state index contributed by atoms with van der Waals surface area (Å²) in [5, 5.41) is 13.5. The van der Waals surface area contributed by atoms with Gasteiger partial charge >= 0.3 is 0 Å². The first-order valence-corrected chi connectivity index (χ1v) is 11.9. The molecule has 1 aliphatic rings. The molecule has 184 valence electrons. The summed E-state index contributed by atoms with van der Waals surface area (Å²) in [6, 6.07) is 18.3. The van der Waals surface area contributed by atoms with Gasteiger partial charge in [0.2, 0.25) is 0 Å². The van der Waals surface area contributed by atoms with Crippen LogP contribution in [-0.4, -0.2) is 65.2 Å². The van der Waals surface area contributed by atoms with E-state index >= 15 is 0 Å². The van der Waals surface area contributed by atoms with E-state index in [2.05, 4.69) is 20.1 Å². The second kappa shape index (κ2) is 12.1. The molecule has 2 N–H and O–H groups in total. The third-order valence-corrected chi connectivity index (χ3v) is 6.26. The molecule has 8 nitrogen and oxygen atoms in total. The Morgan fingerprint density at radius 3 is 2.42 bits per heavy atom. The van der Waals surface area contributed by atoms with Crippen LogP contribution in [0.5, 0.6) is 0 Å². The van der Waals surface area contributed by atoms with Crippen LogP contribution in [-0.2, 0) is 22.6 Å². The number of aliphatic hydroxyl groups excluding tert-OH is 1. The second-order valence-corrected chi connectivity index (χ2v) is 8.74. The highest BCUT2D eigenvalue weighted by molar-refractivity contribution is 5.99. The number of nitrogens with zero attached hydrogens (tertiary/aromatic N) is 3. The Bertz CT molecular complexity index is 1360. The van der Waals surface area contributed by atoms with E-state index in [0.29, 0.717) is 43.9 Å². The summed E-state index contributed by atoms with van der Waals surface area (Å²) in [7, 11) is 0. The minimum Gasteiger partial charge on any atom is -0.374 e. The van der Waals surface area contributed by atoms with E-state index in [4.69, 9.17) is 0 Å². The maximum Gasteiger partial charge on any atom is 0.257 e. The molecule has 8 heteroatoms. The van der Waals surface area contributed by atoms with Crippen molar-refractivity contribution in [2.45, 2.75) is 25.6 Å². The number of carbonyl (C=O) groups is 1. The SMILES string of the molecule is O=C=c1ccc(CN2CCN(c3ncccc3C(=O)NC(O)CCc3ccccc3)CC2)cc1=C=O. The van der Waals surface area contributed by atoms with Gasteiger partial charge < -0.3 is 15.3 Å². The number of aliphatic hydroxyl groups is 1. The molecule has 4 rings (SSSR count). The zero-order valence-electron chi connectivity index (χ0n) is 19.9. The van der Waals surface area contributed by atoms with Crippen molar-refractivity contribution < 1.29 is 19.5 Å². The quantitative estimate of drug-likeness (QED) is 0.437. The molecule has 1 aromatic heterocycles. The van der Waals surface area contributed by atoms with Gasteiger partial charge in [0.1, 0.15) is 23.9 Å². The summed E-state index contributed by atoms with van der Waals surface area (Å²) in [5.74, 6) is 3.79. The van der Waals surface area contributed by atoms with E-state index < -0.39 is 6.23 Å². The van der Waals surface area contributed by atoms with E-state index in [-0.39, 0.29) is 16.3 Å². The molecular weight excluding hydrogens is 456 g/mol. The molecule has 2 heterocycles. The number of pyridine rings is 1. The van der Waals surface area contributed by atoms with Crippen LogP contribution >= 0.6 is 0 Å². The first-order valence-electron chi connectivity index (χ1n) is 11.9. The van der Waals surface area contributed by atoms with Gasteiger partial charge in [-0.25, -0.2) is 14.6 Å². The molecule has 1 unspecified atom stereocenters. The fourth-order valence-electron chi connectivity index (χ4n) is 4.31. The zero-order chi connectivity index (χ0) is 25.3. The van der Waals surface area contributed by atoms with E-state index in [9.17, 15) is 19.5 Å². The van der Waals surface area contributed by atoms with E-state index in [1.807, 2.05) is 36.4 Å². The number of anilines is 1. The predicted octanol–water partition coefficient (Wildman–Crippen LogP) is 0.0912. The summed E-state index contributed by atoms with van der Waals surface area (Å²) in [6.45, 7) is 3.43. The number of hydrogen-bond acceptors (Lipinski definition) is 7. The average Bonchev–Trinajstić information content (AvgIpc) is 2.93. The molecule has 1 fully saturated rings. The topological polar surface area (TPSA) is 103 Å². The number of carbonyl (C=O) groups excluding carboxylic acids is 3. The van der Waals surface area contributed by atoms with E-state index in [1.165, 1.54) is 0 Å². The molecule has 0 aliphatic carbocycles. The molecule has 1 atom stereocenters. The molecule has 36 heavy (non-hydrogen) atoms. The largest absolute Gasteiger partial charge is 0.374 e. The monoisotopic (exact) mass is 484 g/mol.